The average molecular weight is 319 g/mol. The Balaban J connectivity index is 2.09. The van der Waals surface area contributed by atoms with E-state index in [1.807, 2.05) is 30.3 Å². The van der Waals surface area contributed by atoms with E-state index in [-0.39, 0.29) is 0 Å². The van der Waals surface area contributed by atoms with Gasteiger partial charge in [-0.1, -0.05) is 40.2 Å². The Morgan fingerprint density at radius 3 is 2.78 bits per heavy atom. The number of nitrogens with one attached hydrogen (secondary N) is 1. The average Bonchev–Trinajstić information content (AvgIpc) is 2.45. The Labute approximate surface area is 119 Å². The molecule has 2 nitrogen and oxygen atoms in total. The van der Waals surface area contributed by atoms with E-state index in [4.69, 9.17) is 5.26 Å². The van der Waals surface area contributed by atoms with Crippen molar-refractivity contribution >= 4 is 33.6 Å². The predicted molar refractivity (Wildman–Crippen MR) is 79.7 cm³/mol. The van der Waals surface area contributed by atoms with E-state index in [9.17, 15) is 0 Å². The second-order valence-electron chi connectivity index (χ2n) is 3.64. The Kier molecular flexibility index (Phi) is 4.68. The Morgan fingerprint density at radius 2 is 2.00 bits per heavy atom. The van der Waals surface area contributed by atoms with E-state index in [1.165, 1.54) is 17.5 Å². The first-order chi connectivity index (χ1) is 8.83. The van der Waals surface area contributed by atoms with Crippen LogP contribution in [0.15, 0.2) is 53.4 Å². The number of nitriles is 1. The van der Waals surface area contributed by atoms with Gasteiger partial charge in [0.1, 0.15) is 6.07 Å². The summed E-state index contributed by atoms with van der Waals surface area (Å²) in [5.41, 5.74) is 2.73. The van der Waals surface area contributed by atoms with Crippen LogP contribution in [0.3, 0.4) is 0 Å². The molecule has 0 bridgehead atoms. The quantitative estimate of drug-likeness (QED) is 0.662. The highest BCUT2D eigenvalue weighted by molar-refractivity contribution is 9.08. The highest BCUT2D eigenvalue weighted by Gasteiger charge is 2.01. The highest BCUT2D eigenvalue weighted by atomic mass is 79.9. The molecular weight excluding hydrogens is 308 g/mol. The Morgan fingerprint density at radius 1 is 1.17 bits per heavy atom. The summed E-state index contributed by atoms with van der Waals surface area (Å²) >= 11 is 4.95. The summed E-state index contributed by atoms with van der Waals surface area (Å²) in [4.78, 5) is 1.12. The van der Waals surface area contributed by atoms with Crippen molar-refractivity contribution in [1.29, 1.82) is 5.26 Å². The second-order valence-corrected chi connectivity index (χ2v) is 5.08. The van der Waals surface area contributed by atoms with E-state index >= 15 is 0 Å². The summed E-state index contributed by atoms with van der Waals surface area (Å²) in [5, 5.41) is 9.84. The molecule has 0 aliphatic rings. The van der Waals surface area contributed by atoms with Gasteiger partial charge in [0.05, 0.1) is 11.3 Å². The van der Waals surface area contributed by atoms with E-state index in [0.717, 1.165) is 15.9 Å². The maximum Gasteiger partial charge on any atom is 0.101 e. The standard InChI is InChI=1S/C14H11BrN2S/c15-9-11-4-3-6-13(8-11)18-17-14-7-2-1-5-12(14)10-16/h1-8,17H,9H2. The van der Waals surface area contributed by atoms with Crippen molar-refractivity contribution in [1.82, 2.24) is 0 Å². The van der Waals surface area contributed by atoms with E-state index in [2.05, 4.69) is 38.9 Å². The van der Waals surface area contributed by atoms with Crippen molar-refractivity contribution in [2.45, 2.75) is 10.2 Å². The molecule has 2 rings (SSSR count). The van der Waals surface area contributed by atoms with Gasteiger partial charge in [-0.2, -0.15) is 5.26 Å². The fourth-order valence-corrected chi connectivity index (χ4v) is 2.59. The van der Waals surface area contributed by atoms with Crippen molar-refractivity contribution in [3.8, 4) is 6.07 Å². The zero-order chi connectivity index (χ0) is 12.8. The van der Waals surface area contributed by atoms with Crippen LogP contribution in [0.1, 0.15) is 11.1 Å². The minimum absolute atomic E-state index is 0.654. The molecule has 4 heteroatoms. The van der Waals surface area contributed by atoms with Crippen molar-refractivity contribution in [3.05, 3.63) is 59.7 Å². The normalized spacial score (nSPS) is 9.78. The molecule has 0 amide bonds. The van der Waals surface area contributed by atoms with Crippen LogP contribution in [-0.2, 0) is 5.33 Å². The molecule has 0 aromatic heterocycles. The summed E-state index contributed by atoms with van der Waals surface area (Å²) in [6, 6.07) is 17.9. The van der Waals surface area contributed by atoms with Gasteiger partial charge in [0.15, 0.2) is 0 Å². The minimum atomic E-state index is 0.654. The van der Waals surface area contributed by atoms with Crippen molar-refractivity contribution in [2.24, 2.45) is 0 Å². The second kappa shape index (κ2) is 6.48. The van der Waals surface area contributed by atoms with Crippen LogP contribution in [0.2, 0.25) is 0 Å². The number of nitrogens with zero attached hydrogens (tertiary/aromatic N) is 1. The molecule has 2 aromatic carbocycles. The minimum Gasteiger partial charge on any atom is -0.324 e. The number of alkyl halides is 1. The van der Waals surface area contributed by atoms with Gasteiger partial charge in [0.25, 0.3) is 0 Å². The molecule has 90 valence electrons. The number of benzene rings is 2. The number of halogens is 1. The van der Waals surface area contributed by atoms with Crippen LogP contribution in [0.25, 0.3) is 0 Å². The van der Waals surface area contributed by atoms with Gasteiger partial charge in [-0.3, -0.25) is 0 Å². The molecule has 1 N–H and O–H groups in total. The van der Waals surface area contributed by atoms with Crippen molar-refractivity contribution in [2.75, 3.05) is 4.72 Å². The lowest BCUT2D eigenvalue weighted by Crippen LogP contribution is -1.90. The van der Waals surface area contributed by atoms with Gasteiger partial charge in [-0.05, 0) is 41.8 Å². The van der Waals surface area contributed by atoms with Crippen LogP contribution in [0.5, 0.6) is 0 Å². The summed E-state index contributed by atoms with van der Waals surface area (Å²) in [7, 11) is 0. The fourth-order valence-electron chi connectivity index (χ4n) is 1.48. The first-order valence-corrected chi connectivity index (χ1v) is 7.34. The lowest BCUT2D eigenvalue weighted by Gasteiger charge is -2.07. The van der Waals surface area contributed by atoms with Crippen LogP contribution >= 0.6 is 27.9 Å². The smallest absolute Gasteiger partial charge is 0.101 e. The number of hydrogen-bond acceptors (Lipinski definition) is 3. The summed E-state index contributed by atoms with van der Waals surface area (Å²) in [5.74, 6) is 0. The molecule has 0 atom stereocenters. The highest BCUT2D eigenvalue weighted by Crippen LogP contribution is 2.24. The number of para-hydroxylation sites is 1. The Bertz CT molecular complexity index is 578. The first kappa shape index (κ1) is 13.0. The SMILES string of the molecule is N#Cc1ccccc1NSc1cccc(CBr)c1. The maximum atomic E-state index is 8.99. The van der Waals surface area contributed by atoms with Gasteiger partial charge < -0.3 is 4.72 Å². The van der Waals surface area contributed by atoms with Gasteiger partial charge in [-0.15, -0.1) is 0 Å². The lowest BCUT2D eigenvalue weighted by molar-refractivity contribution is 1.34. The summed E-state index contributed by atoms with van der Waals surface area (Å²) in [6.45, 7) is 0. The molecule has 0 aliphatic heterocycles. The topological polar surface area (TPSA) is 35.8 Å². The van der Waals surface area contributed by atoms with Gasteiger partial charge in [0, 0.05) is 10.2 Å². The molecule has 0 radical (unpaired) electrons. The molecule has 0 aliphatic carbocycles. The zero-order valence-corrected chi connectivity index (χ0v) is 12.0. The van der Waals surface area contributed by atoms with Gasteiger partial charge in [-0.25, -0.2) is 0 Å². The maximum absolute atomic E-state index is 8.99. The van der Waals surface area contributed by atoms with Gasteiger partial charge in [0.2, 0.25) is 0 Å². The molecule has 0 fully saturated rings. The number of hydrogen-bond donors (Lipinski definition) is 1. The number of rotatable bonds is 4. The molecule has 0 saturated heterocycles. The lowest BCUT2D eigenvalue weighted by atomic mass is 10.2. The molecule has 2 aromatic rings. The molecule has 0 spiro atoms. The molecule has 0 saturated carbocycles. The zero-order valence-electron chi connectivity index (χ0n) is 9.56. The third kappa shape index (κ3) is 3.28. The first-order valence-electron chi connectivity index (χ1n) is 5.40. The molecule has 0 heterocycles. The van der Waals surface area contributed by atoms with Crippen molar-refractivity contribution in [3.63, 3.8) is 0 Å². The predicted octanol–water partition coefficient (Wildman–Crippen LogP) is 4.57. The molecule has 18 heavy (non-hydrogen) atoms. The molecular formula is C14H11BrN2S. The largest absolute Gasteiger partial charge is 0.324 e. The van der Waals surface area contributed by atoms with E-state index < -0.39 is 0 Å². The third-order valence-corrected chi connectivity index (χ3v) is 3.84. The van der Waals surface area contributed by atoms with Gasteiger partial charge >= 0.3 is 0 Å². The van der Waals surface area contributed by atoms with Crippen LogP contribution < -0.4 is 4.72 Å². The van der Waals surface area contributed by atoms with E-state index in [0.29, 0.717) is 5.56 Å². The van der Waals surface area contributed by atoms with Crippen LogP contribution in [-0.4, -0.2) is 0 Å². The fraction of sp³-hybridized carbons (Fsp3) is 0.0714. The molecule has 0 unspecified atom stereocenters. The monoisotopic (exact) mass is 318 g/mol. The Hall–Kier alpha value is -1.44. The van der Waals surface area contributed by atoms with Crippen molar-refractivity contribution < 1.29 is 0 Å². The van der Waals surface area contributed by atoms with Crippen LogP contribution in [0.4, 0.5) is 5.69 Å². The summed E-state index contributed by atoms with van der Waals surface area (Å²) < 4.78 is 3.21. The summed E-state index contributed by atoms with van der Waals surface area (Å²) in [6.07, 6.45) is 0. The third-order valence-electron chi connectivity index (χ3n) is 2.38. The number of anilines is 1. The van der Waals surface area contributed by atoms with Crippen LogP contribution in [0, 0.1) is 11.3 Å². The van der Waals surface area contributed by atoms with E-state index in [1.54, 1.807) is 6.07 Å².